The number of halogens is 3. The van der Waals surface area contributed by atoms with Crippen LogP contribution in [0.5, 0.6) is 0 Å². The van der Waals surface area contributed by atoms with E-state index in [2.05, 4.69) is 4.72 Å². The van der Waals surface area contributed by atoms with E-state index in [1.165, 1.54) is 18.2 Å². The Morgan fingerprint density at radius 1 is 1.04 bits per heavy atom. The van der Waals surface area contributed by atoms with Gasteiger partial charge in [0, 0.05) is 18.7 Å². The van der Waals surface area contributed by atoms with Gasteiger partial charge in [0.15, 0.2) is 0 Å². The monoisotopic (exact) mass is 358 g/mol. The largest absolute Gasteiger partial charge is 0.301 e. The fraction of sp³-hybridized carbons (Fsp3) is 0.250. The van der Waals surface area contributed by atoms with Crippen LogP contribution in [-0.2, 0) is 10.0 Å². The van der Waals surface area contributed by atoms with Gasteiger partial charge in [-0.1, -0.05) is 12.1 Å². The second-order valence-corrected chi connectivity index (χ2v) is 7.20. The van der Waals surface area contributed by atoms with Gasteiger partial charge in [-0.2, -0.15) is 0 Å². The van der Waals surface area contributed by atoms with Crippen molar-refractivity contribution in [1.82, 2.24) is 9.62 Å². The van der Waals surface area contributed by atoms with Gasteiger partial charge in [0.2, 0.25) is 10.0 Å². The molecule has 0 heterocycles. The highest BCUT2D eigenvalue weighted by Gasteiger charge is 2.23. The molecule has 0 aliphatic rings. The molecule has 1 atom stereocenters. The zero-order valence-electron chi connectivity index (χ0n) is 13.1. The average molecular weight is 358 g/mol. The predicted molar refractivity (Wildman–Crippen MR) is 84.4 cm³/mol. The lowest BCUT2D eigenvalue weighted by Gasteiger charge is -2.25. The number of likely N-dealkylation sites (N-methyl/N-ethyl adjacent to an activating group) is 1. The van der Waals surface area contributed by atoms with Crippen molar-refractivity contribution in [3.63, 3.8) is 0 Å². The average Bonchev–Trinajstić information content (AvgIpc) is 2.46. The number of nitrogens with one attached hydrogen (secondary N) is 1. The van der Waals surface area contributed by atoms with E-state index in [4.69, 9.17) is 0 Å². The molecule has 4 nitrogen and oxygen atoms in total. The predicted octanol–water partition coefficient (Wildman–Crippen LogP) is 2.69. The van der Waals surface area contributed by atoms with Gasteiger partial charge in [-0.3, -0.25) is 0 Å². The van der Waals surface area contributed by atoms with Crippen LogP contribution < -0.4 is 4.72 Å². The Labute approximate surface area is 139 Å². The van der Waals surface area contributed by atoms with Gasteiger partial charge < -0.3 is 4.90 Å². The summed E-state index contributed by atoms with van der Waals surface area (Å²) in [7, 11) is -0.745. The first kappa shape index (κ1) is 18.4. The van der Waals surface area contributed by atoms with Crippen LogP contribution in [0, 0.1) is 17.5 Å². The fourth-order valence-corrected chi connectivity index (χ4v) is 3.37. The Hall–Kier alpha value is -1.90. The van der Waals surface area contributed by atoms with Crippen LogP contribution in [0.4, 0.5) is 13.2 Å². The summed E-state index contributed by atoms with van der Waals surface area (Å²) in [5.41, 5.74) is 0.572. The van der Waals surface area contributed by atoms with Gasteiger partial charge in [0.05, 0.1) is 0 Å². The molecule has 0 bridgehead atoms. The van der Waals surface area contributed by atoms with E-state index < -0.39 is 38.4 Å². The normalized spacial score (nSPS) is 13.2. The van der Waals surface area contributed by atoms with Crippen LogP contribution in [0.25, 0.3) is 0 Å². The minimum Gasteiger partial charge on any atom is -0.301 e. The third kappa shape index (κ3) is 4.34. The van der Waals surface area contributed by atoms with Crippen LogP contribution in [0.1, 0.15) is 11.6 Å². The van der Waals surface area contributed by atoms with Crippen molar-refractivity contribution >= 4 is 10.0 Å². The van der Waals surface area contributed by atoms with Gasteiger partial charge in [-0.15, -0.1) is 0 Å². The van der Waals surface area contributed by atoms with Crippen molar-refractivity contribution in [3.8, 4) is 0 Å². The van der Waals surface area contributed by atoms with E-state index in [1.807, 2.05) is 0 Å². The molecule has 0 aliphatic carbocycles. The van der Waals surface area contributed by atoms with Gasteiger partial charge in [-0.25, -0.2) is 26.3 Å². The summed E-state index contributed by atoms with van der Waals surface area (Å²) < 4.78 is 66.7. The van der Waals surface area contributed by atoms with Crippen molar-refractivity contribution in [2.75, 3.05) is 20.6 Å². The molecular formula is C16H17F3N2O2S. The fourth-order valence-electron chi connectivity index (χ4n) is 2.27. The quantitative estimate of drug-likeness (QED) is 0.864. The maximum Gasteiger partial charge on any atom is 0.243 e. The first-order chi connectivity index (χ1) is 11.2. The van der Waals surface area contributed by atoms with Crippen LogP contribution in [0.15, 0.2) is 47.4 Å². The van der Waals surface area contributed by atoms with Crippen LogP contribution >= 0.6 is 0 Å². The lowest BCUT2D eigenvalue weighted by atomic mass is 10.1. The number of benzene rings is 2. The number of sulfonamides is 1. The summed E-state index contributed by atoms with van der Waals surface area (Å²) in [5, 5.41) is 0. The number of nitrogens with zero attached hydrogens (tertiary/aromatic N) is 1. The molecule has 2 aromatic rings. The summed E-state index contributed by atoms with van der Waals surface area (Å²) in [5.74, 6) is -2.47. The third-order valence-electron chi connectivity index (χ3n) is 3.51. The zero-order valence-corrected chi connectivity index (χ0v) is 13.9. The Morgan fingerprint density at radius 3 is 2.29 bits per heavy atom. The first-order valence-electron chi connectivity index (χ1n) is 7.07. The highest BCUT2D eigenvalue weighted by molar-refractivity contribution is 7.89. The Balaban J connectivity index is 2.22. The van der Waals surface area contributed by atoms with E-state index in [9.17, 15) is 21.6 Å². The summed E-state index contributed by atoms with van der Waals surface area (Å²) >= 11 is 0. The van der Waals surface area contributed by atoms with Crippen molar-refractivity contribution in [1.29, 1.82) is 0 Å². The molecule has 1 N–H and O–H groups in total. The van der Waals surface area contributed by atoms with Crippen LogP contribution in [-0.4, -0.2) is 34.0 Å². The second-order valence-electron chi connectivity index (χ2n) is 5.46. The number of rotatable bonds is 6. The molecule has 0 spiro atoms. The molecule has 2 rings (SSSR count). The van der Waals surface area contributed by atoms with E-state index in [0.29, 0.717) is 11.6 Å². The molecule has 0 radical (unpaired) electrons. The van der Waals surface area contributed by atoms with Crippen LogP contribution in [0.2, 0.25) is 0 Å². The molecule has 0 saturated heterocycles. The summed E-state index contributed by atoms with van der Waals surface area (Å²) in [4.78, 5) is 1.07. The van der Waals surface area contributed by atoms with Crippen molar-refractivity contribution in [2.45, 2.75) is 10.9 Å². The highest BCUT2D eigenvalue weighted by Crippen LogP contribution is 2.20. The van der Waals surface area contributed by atoms with E-state index >= 15 is 0 Å². The summed E-state index contributed by atoms with van der Waals surface area (Å²) in [6, 6.07) is 7.55. The van der Waals surface area contributed by atoms with E-state index in [-0.39, 0.29) is 6.54 Å². The zero-order chi connectivity index (χ0) is 17.9. The molecule has 0 fully saturated rings. The molecule has 2 aromatic carbocycles. The first-order valence-corrected chi connectivity index (χ1v) is 8.55. The molecule has 0 aliphatic heterocycles. The maximum atomic E-state index is 13.7. The number of hydrogen-bond acceptors (Lipinski definition) is 3. The van der Waals surface area contributed by atoms with Crippen molar-refractivity contribution < 1.29 is 21.6 Å². The Bertz CT molecular complexity index is 826. The highest BCUT2D eigenvalue weighted by atomic mass is 32.2. The maximum absolute atomic E-state index is 13.7. The van der Waals surface area contributed by atoms with Crippen molar-refractivity contribution in [3.05, 3.63) is 65.5 Å². The van der Waals surface area contributed by atoms with E-state index in [0.717, 1.165) is 12.1 Å². The van der Waals surface area contributed by atoms with Crippen LogP contribution in [0.3, 0.4) is 0 Å². The third-order valence-corrected chi connectivity index (χ3v) is 4.96. The molecule has 0 amide bonds. The Kier molecular flexibility index (Phi) is 5.63. The molecule has 130 valence electrons. The second kappa shape index (κ2) is 7.33. The van der Waals surface area contributed by atoms with Gasteiger partial charge in [-0.05, 0) is 43.9 Å². The lowest BCUT2D eigenvalue weighted by Crippen LogP contribution is -2.35. The molecule has 8 heteroatoms. The standard InChI is InChI=1S/C16H17F3N2O2S/c1-21(2)15(11-4-3-5-12(17)8-11)10-20-24(22,23)16-7-6-13(18)9-14(16)19/h3-9,15,20H,10H2,1-2H3/t15-/m0/s1. The van der Waals surface area contributed by atoms with E-state index in [1.54, 1.807) is 25.1 Å². The molecular weight excluding hydrogens is 341 g/mol. The van der Waals surface area contributed by atoms with Gasteiger partial charge >= 0.3 is 0 Å². The molecule has 0 unspecified atom stereocenters. The SMILES string of the molecule is CN(C)[C@@H](CNS(=O)(=O)c1ccc(F)cc1F)c1cccc(F)c1. The minimum atomic E-state index is -4.17. The lowest BCUT2D eigenvalue weighted by molar-refractivity contribution is 0.298. The van der Waals surface area contributed by atoms with Gasteiger partial charge in [0.1, 0.15) is 22.3 Å². The molecule has 0 saturated carbocycles. The summed E-state index contributed by atoms with van der Waals surface area (Å²) in [6.07, 6.45) is 0. The topological polar surface area (TPSA) is 49.4 Å². The smallest absolute Gasteiger partial charge is 0.243 e. The Morgan fingerprint density at radius 2 is 1.71 bits per heavy atom. The number of hydrogen-bond donors (Lipinski definition) is 1. The minimum absolute atomic E-state index is 0.102. The molecule has 0 aromatic heterocycles. The van der Waals surface area contributed by atoms with Gasteiger partial charge in [0.25, 0.3) is 0 Å². The molecule has 24 heavy (non-hydrogen) atoms. The van der Waals surface area contributed by atoms with Crippen molar-refractivity contribution in [2.24, 2.45) is 0 Å². The summed E-state index contributed by atoms with van der Waals surface area (Å²) in [6.45, 7) is -0.102.